The number of phosphoric ester groups is 2. The van der Waals surface area contributed by atoms with Crippen LogP contribution in [-0.2, 0) is 65.4 Å². The smallest absolute Gasteiger partial charge is 0.462 e. The molecule has 0 aliphatic heterocycles. The van der Waals surface area contributed by atoms with Gasteiger partial charge in [0.15, 0.2) is 12.2 Å². The number of aliphatic hydroxyl groups excluding tert-OH is 1. The van der Waals surface area contributed by atoms with Crippen LogP contribution in [0.4, 0.5) is 0 Å². The quantitative estimate of drug-likeness (QED) is 0.0222. The molecule has 0 spiro atoms. The van der Waals surface area contributed by atoms with E-state index in [-0.39, 0.29) is 25.7 Å². The highest BCUT2D eigenvalue weighted by atomic mass is 31.2. The fraction of sp³-hybridized carbons (Fsp3) is 0.947. The Bertz CT molecular complexity index is 1850. The number of hydrogen-bond acceptors (Lipinski definition) is 15. The van der Waals surface area contributed by atoms with Crippen LogP contribution in [0.2, 0.25) is 0 Å². The van der Waals surface area contributed by atoms with E-state index in [9.17, 15) is 43.2 Å². The first-order valence-electron chi connectivity index (χ1n) is 38.7. The molecule has 5 atom stereocenters. The maximum atomic E-state index is 13.0. The molecule has 19 heteroatoms. The summed E-state index contributed by atoms with van der Waals surface area (Å²) in [4.78, 5) is 72.7. The van der Waals surface area contributed by atoms with Gasteiger partial charge in [0.05, 0.1) is 26.4 Å². The number of unbranched alkanes of at least 4 members (excludes halogenated alkanes) is 38. The van der Waals surface area contributed by atoms with Crippen LogP contribution in [0.1, 0.15) is 376 Å². The third-order valence-corrected chi connectivity index (χ3v) is 19.2. The van der Waals surface area contributed by atoms with Crippen LogP contribution in [-0.4, -0.2) is 96.7 Å². The van der Waals surface area contributed by atoms with Crippen molar-refractivity contribution < 1.29 is 80.2 Å². The standard InChI is InChI=1S/C75H146O17P2/c1-65(2)51-43-35-27-21-17-13-9-11-15-19-23-30-39-47-55-72(77)85-61-70(92-75(80)58-50-42-32-26-25-29-37-45-53-67(5)6)63-89-93(81,82)87-59-69(76)60-88-94(83,84)90-64-71(62-86-73(78)56-48-40-34-33-38-46-54-68(7)8)91-74(79)57-49-41-31-24-20-16-12-10-14-18-22-28-36-44-52-66(3)4/h65-71,76H,9-64H2,1-8H3,(H,81,82)(H,83,84)/t69?,70-,71-/m1/s1. The molecule has 0 aromatic carbocycles. The topological polar surface area (TPSA) is 237 Å². The number of carbonyl (C=O) groups is 4. The molecule has 94 heavy (non-hydrogen) atoms. The zero-order valence-corrected chi connectivity index (χ0v) is 63.4. The Morgan fingerprint density at radius 2 is 0.447 bits per heavy atom. The fourth-order valence-electron chi connectivity index (χ4n) is 11.4. The Balaban J connectivity index is 5.19. The molecule has 0 saturated heterocycles. The highest BCUT2D eigenvalue weighted by Gasteiger charge is 2.30. The molecule has 0 rings (SSSR count). The average Bonchev–Trinajstić information content (AvgIpc) is 1.37. The Labute approximate surface area is 575 Å². The Hall–Kier alpha value is -1.94. The van der Waals surface area contributed by atoms with Crippen molar-refractivity contribution in [2.45, 2.75) is 395 Å². The van der Waals surface area contributed by atoms with Crippen LogP contribution in [0.15, 0.2) is 0 Å². The van der Waals surface area contributed by atoms with E-state index in [4.69, 9.17) is 37.0 Å². The molecule has 0 aromatic heterocycles. The van der Waals surface area contributed by atoms with Gasteiger partial charge in [-0.25, -0.2) is 9.13 Å². The summed E-state index contributed by atoms with van der Waals surface area (Å²) in [7, 11) is -9.91. The van der Waals surface area contributed by atoms with Crippen LogP contribution in [0.25, 0.3) is 0 Å². The molecule has 3 unspecified atom stereocenters. The zero-order chi connectivity index (χ0) is 69.6. The maximum Gasteiger partial charge on any atom is 0.472 e. The second-order valence-electron chi connectivity index (χ2n) is 28.9. The first-order chi connectivity index (χ1) is 45.1. The van der Waals surface area contributed by atoms with Gasteiger partial charge in [0.25, 0.3) is 0 Å². The molecule has 0 aliphatic carbocycles. The van der Waals surface area contributed by atoms with Crippen molar-refractivity contribution in [1.29, 1.82) is 0 Å². The third kappa shape index (κ3) is 68.6. The van der Waals surface area contributed by atoms with E-state index in [0.29, 0.717) is 31.6 Å². The van der Waals surface area contributed by atoms with E-state index in [1.54, 1.807) is 0 Å². The van der Waals surface area contributed by atoms with Gasteiger partial charge in [0.1, 0.15) is 19.3 Å². The first kappa shape index (κ1) is 92.1. The van der Waals surface area contributed by atoms with E-state index in [1.807, 2.05) is 0 Å². The Kier molecular flexibility index (Phi) is 63.1. The van der Waals surface area contributed by atoms with Crippen molar-refractivity contribution >= 4 is 39.5 Å². The summed E-state index contributed by atoms with van der Waals surface area (Å²) < 4.78 is 68.4. The predicted octanol–water partition coefficient (Wildman–Crippen LogP) is 21.7. The highest BCUT2D eigenvalue weighted by molar-refractivity contribution is 7.47. The van der Waals surface area contributed by atoms with Crippen LogP contribution >= 0.6 is 15.6 Å². The summed E-state index contributed by atoms with van der Waals surface area (Å²) in [6.45, 7) is 14.1. The summed E-state index contributed by atoms with van der Waals surface area (Å²) in [6, 6.07) is 0. The SMILES string of the molecule is CC(C)CCCCCCCCCCCCCCCCC(=O)OC[C@H](COP(=O)(O)OCC(O)COP(=O)(O)OC[C@@H](COC(=O)CCCCCCCCC(C)C)OC(=O)CCCCCCCCCCCCCCCCC(C)C)OC(=O)CCCCCCCCCCC(C)C. The van der Waals surface area contributed by atoms with Crippen LogP contribution in [0, 0.1) is 23.7 Å². The van der Waals surface area contributed by atoms with Crippen LogP contribution in [0.5, 0.6) is 0 Å². The second kappa shape index (κ2) is 64.4. The van der Waals surface area contributed by atoms with Gasteiger partial charge < -0.3 is 33.8 Å². The molecule has 3 N–H and O–H groups in total. The van der Waals surface area contributed by atoms with Gasteiger partial charge in [-0.1, -0.05) is 325 Å². The summed E-state index contributed by atoms with van der Waals surface area (Å²) in [5.41, 5.74) is 0. The molecule has 0 fully saturated rings. The second-order valence-corrected chi connectivity index (χ2v) is 31.9. The predicted molar refractivity (Wildman–Crippen MR) is 381 cm³/mol. The highest BCUT2D eigenvalue weighted by Crippen LogP contribution is 2.45. The van der Waals surface area contributed by atoms with Crippen molar-refractivity contribution in [3.05, 3.63) is 0 Å². The number of phosphoric acid groups is 2. The molecule has 0 aliphatic rings. The molecule has 17 nitrogen and oxygen atoms in total. The number of rotatable bonds is 72. The number of esters is 4. The third-order valence-electron chi connectivity index (χ3n) is 17.3. The Morgan fingerprint density at radius 1 is 0.266 bits per heavy atom. The first-order valence-corrected chi connectivity index (χ1v) is 41.7. The van der Waals surface area contributed by atoms with Gasteiger partial charge in [-0.05, 0) is 49.4 Å². The number of carbonyl (C=O) groups excluding carboxylic acids is 4. The van der Waals surface area contributed by atoms with E-state index >= 15 is 0 Å². The summed E-state index contributed by atoms with van der Waals surface area (Å²) in [5, 5.41) is 10.6. The lowest BCUT2D eigenvalue weighted by atomic mass is 10.0. The van der Waals surface area contributed by atoms with Gasteiger partial charge in [-0.15, -0.1) is 0 Å². The van der Waals surface area contributed by atoms with Crippen LogP contribution in [0.3, 0.4) is 0 Å². The van der Waals surface area contributed by atoms with E-state index < -0.39 is 97.5 Å². The van der Waals surface area contributed by atoms with Gasteiger partial charge in [-0.3, -0.25) is 37.3 Å². The van der Waals surface area contributed by atoms with E-state index in [2.05, 4.69) is 55.4 Å². The normalized spacial score (nSPS) is 14.2. The minimum atomic E-state index is -4.96. The molecule has 0 aromatic rings. The molecule has 558 valence electrons. The molecule has 0 amide bonds. The lowest BCUT2D eigenvalue weighted by Crippen LogP contribution is -2.30. The summed E-state index contributed by atoms with van der Waals surface area (Å²) in [5.74, 6) is 0.867. The molecule has 0 bridgehead atoms. The van der Waals surface area contributed by atoms with Gasteiger partial charge in [0.2, 0.25) is 0 Å². The number of hydrogen-bond donors (Lipinski definition) is 3. The van der Waals surface area contributed by atoms with Gasteiger partial charge >= 0.3 is 39.5 Å². The molecule has 0 radical (unpaired) electrons. The largest absolute Gasteiger partial charge is 0.472 e. The van der Waals surface area contributed by atoms with Crippen LogP contribution < -0.4 is 0 Å². The minimum Gasteiger partial charge on any atom is -0.462 e. The lowest BCUT2D eigenvalue weighted by molar-refractivity contribution is -0.161. The molecule has 0 heterocycles. The maximum absolute atomic E-state index is 13.0. The minimum absolute atomic E-state index is 0.104. The van der Waals surface area contributed by atoms with Crippen molar-refractivity contribution in [3.8, 4) is 0 Å². The molecular weight excluding hydrogens is 1230 g/mol. The molecular formula is C75H146O17P2. The van der Waals surface area contributed by atoms with Crippen molar-refractivity contribution in [2.24, 2.45) is 23.7 Å². The Morgan fingerprint density at radius 3 is 0.660 bits per heavy atom. The number of aliphatic hydroxyl groups is 1. The average molecular weight is 1380 g/mol. The monoisotopic (exact) mass is 1380 g/mol. The zero-order valence-electron chi connectivity index (χ0n) is 61.6. The van der Waals surface area contributed by atoms with Gasteiger partial charge in [-0.2, -0.15) is 0 Å². The summed E-state index contributed by atoms with van der Waals surface area (Å²) in [6.07, 6.45) is 48.8. The van der Waals surface area contributed by atoms with Gasteiger partial charge in [0, 0.05) is 25.7 Å². The van der Waals surface area contributed by atoms with E-state index in [1.165, 1.54) is 173 Å². The van der Waals surface area contributed by atoms with Crippen molar-refractivity contribution in [3.63, 3.8) is 0 Å². The lowest BCUT2D eigenvalue weighted by Gasteiger charge is -2.21. The number of ether oxygens (including phenoxy) is 4. The van der Waals surface area contributed by atoms with E-state index in [0.717, 1.165) is 114 Å². The van der Waals surface area contributed by atoms with Crippen molar-refractivity contribution in [1.82, 2.24) is 0 Å². The summed E-state index contributed by atoms with van der Waals surface area (Å²) >= 11 is 0. The fourth-order valence-corrected chi connectivity index (χ4v) is 13.0. The molecule has 0 saturated carbocycles. The van der Waals surface area contributed by atoms with Crippen molar-refractivity contribution in [2.75, 3.05) is 39.6 Å².